The van der Waals surface area contributed by atoms with E-state index in [1.54, 1.807) is 12.0 Å². The molecule has 0 atom stereocenters. The van der Waals surface area contributed by atoms with Crippen LogP contribution in [0, 0.1) is 6.92 Å². The zero-order chi connectivity index (χ0) is 19.5. The molecule has 1 heterocycles. The molecule has 1 aliphatic rings. The van der Waals surface area contributed by atoms with Crippen molar-refractivity contribution in [1.29, 1.82) is 0 Å². The number of methoxy groups -OCH3 is 1. The summed E-state index contributed by atoms with van der Waals surface area (Å²) in [5, 5.41) is 0. The van der Waals surface area contributed by atoms with E-state index in [0.29, 0.717) is 11.5 Å². The van der Waals surface area contributed by atoms with Crippen LogP contribution in [0.1, 0.15) is 16.7 Å². The van der Waals surface area contributed by atoms with Crippen LogP contribution >= 0.6 is 0 Å². The number of amides is 1. The van der Waals surface area contributed by atoms with Crippen molar-refractivity contribution in [2.24, 2.45) is 4.99 Å². The van der Waals surface area contributed by atoms with Crippen molar-refractivity contribution in [2.75, 3.05) is 12.0 Å². The van der Waals surface area contributed by atoms with Gasteiger partial charge in [0.2, 0.25) is 0 Å². The van der Waals surface area contributed by atoms with Gasteiger partial charge < -0.3 is 4.74 Å². The molecular formula is C24H20N2O2. The summed E-state index contributed by atoms with van der Waals surface area (Å²) in [7, 11) is 1.62. The van der Waals surface area contributed by atoms with Crippen molar-refractivity contribution in [3.8, 4) is 5.75 Å². The largest absolute Gasteiger partial charge is 0.497 e. The Bertz CT molecular complexity index is 1050. The summed E-state index contributed by atoms with van der Waals surface area (Å²) in [6.45, 7) is 2.04. The van der Waals surface area contributed by atoms with Gasteiger partial charge >= 0.3 is 0 Å². The molecule has 3 aromatic carbocycles. The van der Waals surface area contributed by atoms with Gasteiger partial charge in [-0.25, -0.2) is 4.99 Å². The lowest BCUT2D eigenvalue weighted by atomic mass is 10.1. The van der Waals surface area contributed by atoms with Crippen LogP contribution in [0.4, 0.5) is 5.69 Å². The first-order valence-corrected chi connectivity index (χ1v) is 9.07. The zero-order valence-electron chi connectivity index (χ0n) is 15.8. The average Bonchev–Trinajstić information content (AvgIpc) is 3.05. The molecule has 1 aliphatic heterocycles. The highest BCUT2D eigenvalue weighted by molar-refractivity contribution is 6.33. The van der Waals surface area contributed by atoms with Gasteiger partial charge in [0, 0.05) is 5.56 Å². The molecule has 3 aromatic rings. The molecule has 0 fully saturated rings. The number of carbonyl (C=O) groups is 1. The summed E-state index contributed by atoms with van der Waals surface area (Å²) in [5.41, 5.74) is 4.16. The highest BCUT2D eigenvalue weighted by Gasteiger charge is 2.32. The van der Waals surface area contributed by atoms with E-state index in [4.69, 9.17) is 4.74 Å². The number of aryl methyl sites for hydroxylation is 1. The second-order valence-corrected chi connectivity index (χ2v) is 6.58. The van der Waals surface area contributed by atoms with E-state index < -0.39 is 0 Å². The number of rotatable bonds is 4. The molecule has 4 heteroatoms. The molecule has 0 saturated carbocycles. The SMILES string of the molecule is COc1ccc(N2C(=O)C(=Cc3ccccc3)N=C2c2ccc(C)cc2)cc1. The van der Waals surface area contributed by atoms with Crippen molar-refractivity contribution >= 4 is 23.5 Å². The molecule has 0 aromatic heterocycles. The van der Waals surface area contributed by atoms with Crippen molar-refractivity contribution in [3.63, 3.8) is 0 Å². The molecule has 0 bridgehead atoms. The summed E-state index contributed by atoms with van der Waals surface area (Å²) in [4.78, 5) is 19.6. The molecule has 0 spiro atoms. The first kappa shape index (κ1) is 17.7. The Balaban J connectivity index is 1.80. The number of nitrogens with zero attached hydrogens (tertiary/aromatic N) is 2. The molecular weight excluding hydrogens is 348 g/mol. The number of carbonyl (C=O) groups excluding carboxylic acids is 1. The van der Waals surface area contributed by atoms with E-state index in [1.165, 1.54) is 0 Å². The van der Waals surface area contributed by atoms with Crippen LogP contribution in [0.5, 0.6) is 5.75 Å². The van der Waals surface area contributed by atoms with Crippen LogP contribution in [-0.4, -0.2) is 18.9 Å². The number of hydrogen-bond acceptors (Lipinski definition) is 3. The quantitative estimate of drug-likeness (QED) is 0.619. The standard InChI is InChI=1S/C24H20N2O2/c1-17-8-10-19(11-9-17)23-25-22(16-18-6-4-3-5-7-18)24(27)26(23)20-12-14-21(28-2)15-13-20/h3-16H,1-2H3. The number of anilines is 1. The lowest BCUT2D eigenvalue weighted by molar-refractivity contribution is -0.113. The molecule has 0 saturated heterocycles. The summed E-state index contributed by atoms with van der Waals surface area (Å²) >= 11 is 0. The predicted octanol–water partition coefficient (Wildman–Crippen LogP) is 4.84. The maximum absolute atomic E-state index is 13.2. The number of hydrogen-bond donors (Lipinski definition) is 0. The van der Waals surface area contributed by atoms with Crippen LogP contribution in [0.25, 0.3) is 6.08 Å². The van der Waals surface area contributed by atoms with E-state index in [-0.39, 0.29) is 5.91 Å². The maximum atomic E-state index is 13.2. The average molecular weight is 368 g/mol. The van der Waals surface area contributed by atoms with Crippen LogP contribution in [-0.2, 0) is 4.79 Å². The molecule has 28 heavy (non-hydrogen) atoms. The minimum atomic E-state index is -0.149. The van der Waals surface area contributed by atoms with Crippen LogP contribution < -0.4 is 9.64 Å². The second kappa shape index (κ2) is 7.53. The molecule has 0 radical (unpaired) electrons. The third-order valence-electron chi connectivity index (χ3n) is 4.60. The van der Waals surface area contributed by atoms with E-state index >= 15 is 0 Å². The van der Waals surface area contributed by atoms with Gasteiger partial charge in [-0.1, -0.05) is 60.2 Å². The molecule has 4 rings (SSSR count). The Hall–Kier alpha value is -3.66. The van der Waals surface area contributed by atoms with Crippen LogP contribution in [0.15, 0.2) is 89.6 Å². The van der Waals surface area contributed by atoms with Gasteiger partial charge in [-0.3, -0.25) is 9.69 Å². The van der Waals surface area contributed by atoms with Crippen molar-refractivity contribution < 1.29 is 9.53 Å². The third-order valence-corrected chi connectivity index (χ3v) is 4.60. The zero-order valence-corrected chi connectivity index (χ0v) is 15.8. The summed E-state index contributed by atoms with van der Waals surface area (Å²) in [6, 6.07) is 25.2. The lowest BCUT2D eigenvalue weighted by Gasteiger charge is -2.19. The minimum absolute atomic E-state index is 0.149. The summed E-state index contributed by atoms with van der Waals surface area (Å²) < 4.78 is 5.24. The van der Waals surface area contributed by atoms with Gasteiger partial charge in [-0.05, 0) is 42.8 Å². The van der Waals surface area contributed by atoms with Gasteiger partial charge in [0.25, 0.3) is 5.91 Å². The monoisotopic (exact) mass is 368 g/mol. The number of ether oxygens (including phenoxy) is 1. The Kier molecular flexibility index (Phi) is 4.77. The van der Waals surface area contributed by atoms with E-state index in [2.05, 4.69) is 4.99 Å². The highest BCUT2D eigenvalue weighted by atomic mass is 16.5. The molecule has 138 valence electrons. The van der Waals surface area contributed by atoms with Gasteiger partial charge in [-0.2, -0.15) is 0 Å². The Morgan fingerprint density at radius 3 is 2.21 bits per heavy atom. The maximum Gasteiger partial charge on any atom is 0.282 e. The molecule has 0 aliphatic carbocycles. The molecule has 4 nitrogen and oxygen atoms in total. The van der Waals surface area contributed by atoms with Crippen LogP contribution in [0.3, 0.4) is 0 Å². The van der Waals surface area contributed by atoms with E-state index in [0.717, 1.165) is 28.1 Å². The molecule has 0 unspecified atom stereocenters. The predicted molar refractivity (Wildman–Crippen MR) is 113 cm³/mol. The minimum Gasteiger partial charge on any atom is -0.497 e. The van der Waals surface area contributed by atoms with Crippen molar-refractivity contribution in [2.45, 2.75) is 6.92 Å². The van der Waals surface area contributed by atoms with Gasteiger partial charge in [0.05, 0.1) is 12.8 Å². The van der Waals surface area contributed by atoms with E-state index in [1.807, 2.05) is 91.9 Å². The Morgan fingerprint density at radius 2 is 1.57 bits per heavy atom. The Morgan fingerprint density at radius 1 is 0.893 bits per heavy atom. The van der Waals surface area contributed by atoms with Crippen LogP contribution in [0.2, 0.25) is 0 Å². The normalized spacial score (nSPS) is 15.1. The fraction of sp³-hybridized carbons (Fsp3) is 0.0833. The fourth-order valence-electron chi connectivity index (χ4n) is 3.09. The van der Waals surface area contributed by atoms with Gasteiger partial charge in [-0.15, -0.1) is 0 Å². The second-order valence-electron chi connectivity index (χ2n) is 6.58. The summed E-state index contributed by atoms with van der Waals surface area (Å²) in [5.74, 6) is 1.21. The summed E-state index contributed by atoms with van der Waals surface area (Å²) in [6.07, 6.45) is 1.82. The topological polar surface area (TPSA) is 41.9 Å². The van der Waals surface area contributed by atoms with E-state index in [9.17, 15) is 4.79 Å². The van der Waals surface area contributed by atoms with Crippen molar-refractivity contribution in [1.82, 2.24) is 0 Å². The lowest BCUT2D eigenvalue weighted by Crippen LogP contribution is -2.32. The fourth-order valence-corrected chi connectivity index (χ4v) is 3.09. The first-order valence-electron chi connectivity index (χ1n) is 9.07. The van der Waals surface area contributed by atoms with Crippen molar-refractivity contribution in [3.05, 3.63) is 101 Å². The number of benzene rings is 3. The third kappa shape index (κ3) is 3.45. The van der Waals surface area contributed by atoms with Gasteiger partial charge in [0.15, 0.2) is 0 Å². The number of aliphatic imine (C=N–C) groups is 1. The molecule has 0 N–H and O–H groups in total. The Labute approximate surface area is 164 Å². The van der Waals surface area contributed by atoms with Gasteiger partial charge in [0.1, 0.15) is 17.3 Å². The highest BCUT2D eigenvalue weighted by Crippen LogP contribution is 2.29. The smallest absolute Gasteiger partial charge is 0.282 e. The molecule has 1 amide bonds. The number of amidine groups is 1. The first-order chi connectivity index (χ1) is 13.7.